The maximum Gasteiger partial charge on any atom is 0.324 e. The zero-order chi connectivity index (χ0) is 12.6. The lowest BCUT2D eigenvalue weighted by Crippen LogP contribution is -2.54. The molecule has 2 bridgehead atoms. The van der Waals surface area contributed by atoms with E-state index in [-0.39, 0.29) is 5.92 Å². The molecule has 2 aliphatic rings. The Labute approximate surface area is 107 Å². The number of aliphatic carboxylic acids is 1. The first-order valence-electron chi connectivity index (χ1n) is 6.41. The molecule has 0 amide bonds. The van der Waals surface area contributed by atoms with Crippen LogP contribution >= 0.6 is 0 Å². The van der Waals surface area contributed by atoms with Crippen LogP contribution in [0.4, 0.5) is 0 Å². The Balaban J connectivity index is 1.77. The second-order valence-electron chi connectivity index (χ2n) is 5.31. The van der Waals surface area contributed by atoms with E-state index in [4.69, 9.17) is 0 Å². The number of hydrogen-bond acceptors (Lipinski definition) is 2. The molecule has 0 spiro atoms. The van der Waals surface area contributed by atoms with Crippen LogP contribution in [0.15, 0.2) is 42.5 Å². The largest absolute Gasteiger partial charge is 0.480 e. The molecule has 1 aromatic rings. The Kier molecular flexibility index (Phi) is 2.71. The SMILES string of the molecule is O=C(O)[C@@]1(NCc2ccccc2)C[C@H]2C=C[C@@H]1C2. The number of nitrogens with one attached hydrogen (secondary N) is 1. The van der Waals surface area contributed by atoms with Crippen molar-refractivity contribution < 1.29 is 9.90 Å². The van der Waals surface area contributed by atoms with Gasteiger partial charge in [-0.25, -0.2) is 0 Å². The van der Waals surface area contributed by atoms with Crippen molar-refractivity contribution in [1.82, 2.24) is 5.32 Å². The molecule has 18 heavy (non-hydrogen) atoms. The zero-order valence-corrected chi connectivity index (χ0v) is 10.2. The van der Waals surface area contributed by atoms with Gasteiger partial charge in [-0.2, -0.15) is 0 Å². The molecule has 0 aliphatic heterocycles. The van der Waals surface area contributed by atoms with E-state index in [9.17, 15) is 9.90 Å². The molecule has 1 fully saturated rings. The first-order chi connectivity index (χ1) is 8.71. The van der Waals surface area contributed by atoms with Gasteiger partial charge in [-0.15, -0.1) is 0 Å². The second kappa shape index (κ2) is 4.25. The Hall–Kier alpha value is -1.61. The molecule has 3 nitrogen and oxygen atoms in total. The summed E-state index contributed by atoms with van der Waals surface area (Å²) in [5.74, 6) is -0.131. The van der Waals surface area contributed by atoms with Crippen molar-refractivity contribution in [3.8, 4) is 0 Å². The summed E-state index contributed by atoms with van der Waals surface area (Å²) in [4.78, 5) is 11.6. The molecular formula is C15H17NO2. The summed E-state index contributed by atoms with van der Waals surface area (Å²) < 4.78 is 0. The van der Waals surface area contributed by atoms with Gasteiger partial charge in [0.15, 0.2) is 0 Å². The molecule has 0 radical (unpaired) electrons. The van der Waals surface area contributed by atoms with Crippen molar-refractivity contribution in [3.05, 3.63) is 48.0 Å². The number of hydrogen-bond donors (Lipinski definition) is 2. The van der Waals surface area contributed by atoms with Crippen LogP contribution in [0, 0.1) is 11.8 Å². The van der Waals surface area contributed by atoms with Crippen LogP contribution in [0.1, 0.15) is 18.4 Å². The van der Waals surface area contributed by atoms with Crippen molar-refractivity contribution in [1.29, 1.82) is 0 Å². The van der Waals surface area contributed by atoms with Gasteiger partial charge in [0, 0.05) is 12.5 Å². The molecule has 1 aromatic carbocycles. The number of carboxylic acid groups (broad SMARTS) is 1. The van der Waals surface area contributed by atoms with E-state index >= 15 is 0 Å². The molecule has 0 unspecified atom stereocenters. The van der Waals surface area contributed by atoms with Crippen LogP contribution in [0.25, 0.3) is 0 Å². The number of rotatable bonds is 4. The van der Waals surface area contributed by atoms with E-state index in [2.05, 4.69) is 17.5 Å². The normalized spacial score (nSPS) is 32.9. The van der Waals surface area contributed by atoms with Gasteiger partial charge in [-0.3, -0.25) is 10.1 Å². The van der Waals surface area contributed by atoms with Crippen LogP contribution in [0.3, 0.4) is 0 Å². The summed E-state index contributed by atoms with van der Waals surface area (Å²) in [5, 5.41) is 12.9. The Bertz CT molecular complexity index is 483. The Morgan fingerprint density at radius 1 is 1.33 bits per heavy atom. The summed E-state index contributed by atoms with van der Waals surface area (Å²) in [5.41, 5.74) is 0.375. The lowest BCUT2D eigenvalue weighted by Gasteiger charge is -2.32. The third kappa shape index (κ3) is 1.75. The lowest BCUT2D eigenvalue weighted by molar-refractivity contribution is -0.146. The Morgan fingerprint density at radius 2 is 2.11 bits per heavy atom. The topological polar surface area (TPSA) is 49.3 Å². The fourth-order valence-electron chi connectivity index (χ4n) is 3.24. The van der Waals surface area contributed by atoms with E-state index in [0.717, 1.165) is 18.4 Å². The van der Waals surface area contributed by atoms with Gasteiger partial charge < -0.3 is 5.11 Å². The maximum atomic E-state index is 11.6. The highest BCUT2D eigenvalue weighted by Gasteiger charge is 2.53. The number of carboxylic acids is 1. The van der Waals surface area contributed by atoms with Crippen LogP contribution in [-0.2, 0) is 11.3 Å². The molecule has 0 saturated heterocycles. The summed E-state index contributed by atoms with van der Waals surface area (Å²) in [6, 6.07) is 9.96. The predicted octanol–water partition coefficient (Wildman–Crippen LogP) is 2.20. The zero-order valence-electron chi connectivity index (χ0n) is 10.2. The van der Waals surface area contributed by atoms with Crippen molar-refractivity contribution in [2.75, 3.05) is 0 Å². The van der Waals surface area contributed by atoms with Crippen LogP contribution in [-0.4, -0.2) is 16.6 Å². The number of carbonyl (C=O) groups is 1. The van der Waals surface area contributed by atoms with Crippen molar-refractivity contribution >= 4 is 5.97 Å². The summed E-state index contributed by atoms with van der Waals surface area (Å²) >= 11 is 0. The minimum atomic E-state index is -0.755. The molecule has 1 saturated carbocycles. The third-order valence-electron chi connectivity index (χ3n) is 4.22. The number of fused-ring (bicyclic) bond motifs is 2. The van der Waals surface area contributed by atoms with Gasteiger partial charge in [-0.1, -0.05) is 42.5 Å². The fourth-order valence-corrected chi connectivity index (χ4v) is 3.24. The molecule has 3 heteroatoms. The van der Waals surface area contributed by atoms with Gasteiger partial charge in [-0.05, 0) is 24.3 Å². The Morgan fingerprint density at radius 3 is 2.67 bits per heavy atom. The molecule has 0 heterocycles. The maximum absolute atomic E-state index is 11.6. The highest BCUT2D eigenvalue weighted by Crippen LogP contribution is 2.46. The van der Waals surface area contributed by atoms with Crippen LogP contribution in [0.2, 0.25) is 0 Å². The molecule has 3 atom stereocenters. The summed E-state index contributed by atoms with van der Waals surface area (Å²) in [6.45, 7) is 0.615. The highest BCUT2D eigenvalue weighted by atomic mass is 16.4. The third-order valence-corrected chi connectivity index (χ3v) is 4.22. The van der Waals surface area contributed by atoms with Crippen LogP contribution in [0.5, 0.6) is 0 Å². The lowest BCUT2D eigenvalue weighted by atomic mass is 9.84. The van der Waals surface area contributed by atoms with E-state index in [0.29, 0.717) is 12.5 Å². The molecule has 2 aliphatic carbocycles. The second-order valence-corrected chi connectivity index (χ2v) is 5.31. The number of benzene rings is 1. The number of allylic oxidation sites excluding steroid dienone is 1. The van der Waals surface area contributed by atoms with Gasteiger partial charge in [0.05, 0.1) is 0 Å². The average Bonchev–Trinajstić information content (AvgIpc) is 2.98. The molecule has 3 rings (SSSR count). The van der Waals surface area contributed by atoms with E-state index in [1.807, 2.05) is 30.3 Å². The molecule has 0 aromatic heterocycles. The van der Waals surface area contributed by atoms with Crippen LogP contribution < -0.4 is 5.32 Å². The van der Waals surface area contributed by atoms with Gasteiger partial charge in [0.25, 0.3) is 0 Å². The predicted molar refractivity (Wildman–Crippen MR) is 69.0 cm³/mol. The summed E-state index contributed by atoms with van der Waals surface area (Å²) in [6.07, 6.45) is 5.93. The van der Waals surface area contributed by atoms with Gasteiger partial charge >= 0.3 is 5.97 Å². The van der Waals surface area contributed by atoms with Gasteiger partial charge in [0.1, 0.15) is 5.54 Å². The molecule has 2 N–H and O–H groups in total. The van der Waals surface area contributed by atoms with E-state index < -0.39 is 11.5 Å². The van der Waals surface area contributed by atoms with E-state index in [1.165, 1.54) is 0 Å². The molecule has 94 valence electrons. The smallest absolute Gasteiger partial charge is 0.324 e. The minimum absolute atomic E-state index is 0.142. The first kappa shape index (κ1) is 11.5. The quantitative estimate of drug-likeness (QED) is 0.797. The molecular weight excluding hydrogens is 226 g/mol. The van der Waals surface area contributed by atoms with Crippen molar-refractivity contribution in [2.45, 2.75) is 24.9 Å². The monoisotopic (exact) mass is 243 g/mol. The van der Waals surface area contributed by atoms with Gasteiger partial charge in [0.2, 0.25) is 0 Å². The average molecular weight is 243 g/mol. The van der Waals surface area contributed by atoms with Crippen molar-refractivity contribution in [3.63, 3.8) is 0 Å². The van der Waals surface area contributed by atoms with Crippen molar-refractivity contribution in [2.24, 2.45) is 11.8 Å². The standard InChI is InChI=1S/C15H17NO2/c17-14(18)15(9-12-6-7-13(15)8-12)16-10-11-4-2-1-3-5-11/h1-7,12-13,16H,8-10H2,(H,17,18)/t12-,13+,15+/m0/s1. The minimum Gasteiger partial charge on any atom is -0.480 e. The highest BCUT2D eigenvalue weighted by molar-refractivity contribution is 5.81. The fraction of sp³-hybridized carbons (Fsp3) is 0.400. The van der Waals surface area contributed by atoms with E-state index in [1.54, 1.807) is 0 Å². The first-order valence-corrected chi connectivity index (χ1v) is 6.41. The summed E-state index contributed by atoms with van der Waals surface area (Å²) in [7, 11) is 0.